The van der Waals surface area contributed by atoms with Gasteiger partial charge in [0.05, 0.1) is 38.0 Å². The van der Waals surface area contributed by atoms with Crippen LogP contribution in [0.15, 0.2) is 75.9 Å². The molecule has 3 heterocycles. The number of piperazine rings is 1. The van der Waals surface area contributed by atoms with Crippen LogP contribution in [0.1, 0.15) is 37.4 Å². The average molecular weight is 591 g/mol. The van der Waals surface area contributed by atoms with Crippen LogP contribution in [0.4, 0.5) is 0 Å². The van der Waals surface area contributed by atoms with Crippen molar-refractivity contribution in [3.63, 3.8) is 0 Å². The first-order valence-corrected chi connectivity index (χ1v) is 14.6. The van der Waals surface area contributed by atoms with Crippen LogP contribution in [-0.4, -0.2) is 78.0 Å². The summed E-state index contributed by atoms with van der Waals surface area (Å²) in [5.74, 6) is 0.563. The van der Waals surface area contributed by atoms with Crippen LogP contribution in [0, 0.1) is 0 Å². The van der Waals surface area contributed by atoms with E-state index < -0.39 is 12.0 Å². The highest BCUT2D eigenvalue weighted by Gasteiger charge is 2.42. The molecule has 1 saturated heterocycles. The highest BCUT2D eigenvalue weighted by atomic mass is 32.2. The molecule has 2 aromatic carbocycles. The van der Waals surface area contributed by atoms with E-state index in [-0.39, 0.29) is 24.8 Å². The summed E-state index contributed by atoms with van der Waals surface area (Å²) in [6, 6.07) is 14.4. The lowest BCUT2D eigenvalue weighted by Gasteiger charge is -2.38. The van der Waals surface area contributed by atoms with E-state index in [1.807, 2.05) is 52.8 Å². The summed E-state index contributed by atoms with van der Waals surface area (Å²) in [5, 5.41) is 2.60. The van der Waals surface area contributed by atoms with E-state index in [1.54, 1.807) is 43.9 Å². The lowest BCUT2D eigenvalue weighted by Crippen LogP contribution is -2.50. The molecule has 0 aromatic heterocycles. The molecule has 0 spiro atoms. The van der Waals surface area contributed by atoms with Gasteiger partial charge in [0, 0.05) is 38.8 Å². The Morgan fingerprint density at radius 2 is 1.64 bits per heavy atom. The summed E-state index contributed by atoms with van der Waals surface area (Å²) >= 11 is 1.42. The molecule has 5 rings (SSSR count). The number of aliphatic imine (C=N–C) groups is 1. The minimum Gasteiger partial charge on any atom is -0.493 e. The van der Waals surface area contributed by atoms with Crippen molar-refractivity contribution in [2.24, 2.45) is 4.99 Å². The molecule has 0 aliphatic carbocycles. The third kappa shape index (κ3) is 6.01. The lowest BCUT2D eigenvalue weighted by atomic mass is 9.93. The molecule has 220 valence electrons. The fourth-order valence-corrected chi connectivity index (χ4v) is 6.27. The Morgan fingerprint density at radius 1 is 0.952 bits per heavy atom. The largest absolute Gasteiger partial charge is 0.493 e. The quantitative estimate of drug-likeness (QED) is 0.424. The first-order chi connectivity index (χ1) is 20.3. The van der Waals surface area contributed by atoms with Gasteiger partial charge in [0.25, 0.3) is 0 Å². The number of benzene rings is 2. The molecule has 2 aromatic rings. The van der Waals surface area contributed by atoms with Crippen molar-refractivity contribution in [1.82, 2.24) is 14.7 Å². The van der Waals surface area contributed by atoms with Crippen LogP contribution in [-0.2, 0) is 25.7 Å². The van der Waals surface area contributed by atoms with Gasteiger partial charge in [0.2, 0.25) is 11.8 Å². The maximum absolute atomic E-state index is 13.7. The van der Waals surface area contributed by atoms with Crippen LogP contribution in [0.3, 0.4) is 0 Å². The highest BCUT2D eigenvalue weighted by molar-refractivity contribution is 8.16. The number of esters is 1. The summed E-state index contributed by atoms with van der Waals surface area (Å²) in [6.45, 7) is 5.45. The molecule has 0 bridgehead atoms. The van der Waals surface area contributed by atoms with Gasteiger partial charge in [-0.05, 0) is 35.6 Å². The highest BCUT2D eigenvalue weighted by Crippen LogP contribution is 2.46. The number of rotatable bonds is 8. The second-order valence-electron chi connectivity index (χ2n) is 10.1. The van der Waals surface area contributed by atoms with Crippen LogP contribution < -0.4 is 9.47 Å². The summed E-state index contributed by atoms with van der Waals surface area (Å²) in [5.41, 5.74) is 3.31. The second-order valence-corrected chi connectivity index (χ2v) is 11.0. The molecule has 0 radical (unpaired) electrons. The van der Waals surface area contributed by atoms with Gasteiger partial charge >= 0.3 is 5.97 Å². The van der Waals surface area contributed by atoms with Crippen molar-refractivity contribution in [2.75, 3.05) is 40.4 Å². The number of carbonyl (C=O) groups excluding carboxylic acids is 3. The van der Waals surface area contributed by atoms with E-state index in [0.29, 0.717) is 54.1 Å². The Labute approximate surface area is 249 Å². The molecule has 1 atom stereocenters. The smallest absolute Gasteiger partial charge is 0.338 e. The number of nitrogens with zero attached hydrogens (tertiary/aromatic N) is 4. The minimum atomic E-state index is -0.607. The zero-order valence-corrected chi connectivity index (χ0v) is 25.0. The minimum absolute atomic E-state index is 0.0118. The molecule has 0 saturated carbocycles. The van der Waals surface area contributed by atoms with Gasteiger partial charge in [0.15, 0.2) is 16.7 Å². The number of amidine groups is 1. The Morgan fingerprint density at radius 3 is 2.31 bits per heavy atom. The van der Waals surface area contributed by atoms with E-state index in [0.717, 1.165) is 16.8 Å². The third-order valence-electron chi connectivity index (χ3n) is 7.57. The number of carbonyl (C=O) groups is 3. The van der Waals surface area contributed by atoms with Crippen molar-refractivity contribution in [2.45, 2.75) is 32.9 Å². The maximum Gasteiger partial charge on any atom is 0.338 e. The Balaban J connectivity index is 1.45. The van der Waals surface area contributed by atoms with Gasteiger partial charge in [-0.25, -0.2) is 9.79 Å². The van der Waals surface area contributed by atoms with Crippen LogP contribution in [0.2, 0.25) is 0 Å². The van der Waals surface area contributed by atoms with Crippen LogP contribution in [0.5, 0.6) is 11.5 Å². The number of ether oxygens (including phenoxy) is 3. The maximum atomic E-state index is 13.7. The van der Waals surface area contributed by atoms with E-state index in [2.05, 4.69) is 0 Å². The number of hydrogen-bond donors (Lipinski definition) is 0. The second kappa shape index (κ2) is 12.7. The number of allylic oxidation sites excluding steroid dienone is 1. The van der Waals surface area contributed by atoms with Crippen molar-refractivity contribution >= 4 is 34.7 Å². The van der Waals surface area contributed by atoms with Crippen LogP contribution >= 0.6 is 11.8 Å². The molecular weight excluding hydrogens is 556 g/mol. The SMILES string of the molecule is COc1ccc([C@H]2C(C(=O)OCc3ccccc3)=C(C)N=C3SC=C(CC(=O)N4CCN(C(C)=O)CC4)N32)cc1OC. The Bertz CT molecular complexity index is 1460. The zero-order chi connectivity index (χ0) is 29.8. The first kappa shape index (κ1) is 29.2. The van der Waals surface area contributed by atoms with Crippen molar-refractivity contribution in [3.8, 4) is 11.5 Å². The monoisotopic (exact) mass is 590 g/mol. The fraction of sp³-hybridized carbons (Fsp3) is 0.355. The predicted molar refractivity (Wildman–Crippen MR) is 160 cm³/mol. The van der Waals surface area contributed by atoms with Crippen molar-refractivity contribution < 1.29 is 28.6 Å². The zero-order valence-electron chi connectivity index (χ0n) is 24.2. The molecule has 3 aliphatic rings. The molecule has 0 unspecified atom stereocenters. The first-order valence-electron chi connectivity index (χ1n) is 13.7. The molecule has 10 nitrogen and oxygen atoms in total. The van der Waals surface area contributed by atoms with E-state index in [4.69, 9.17) is 19.2 Å². The molecule has 11 heteroatoms. The van der Waals surface area contributed by atoms with Gasteiger partial charge in [-0.1, -0.05) is 48.2 Å². The van der Waals surface area contributed by atoms with Crippen molar-refractivity contribution in [1.29, 1.82) is 0 Å². The van der Waals surface area contributed by atoms with E-state index in [1.165, 1.54) is 11.8 Å². The van der Waals surface area contributed by atoms with E-state index >= 15 is 0 Å². The van der Waals surface area contributed by atoms with Gasteiger partial charge in [-0.15, -0.1) is 0 Å². The van der Waals surface area contributed by atoms with Gasteiger partial charge < -0.3 is 28.9 Å². The number of methoxy groups -OCH3 is 2. The molecule has 0 N–H and O–H groups in total. The number of fused-ring (bicyclic) bond motifs is 1. The predicted octanol–water partition coefficient (Wildman–Crippen LogP) is 4.10. The van der Waals surface area contributed by atoms with Crippen LogP contribution in [0.25, 0.3) is 0 Å². The lowest BCUT2D eigenvalue weighted by molar-refractivity contribution is -0.141. The normalized spacial score (nSPS) is 18.3. The molecular formula is C31H34N4O6S. The molecule has 42 heavy (non-hydrogen) atoms. The van der Waals surface area contributed by atoms with Gasteiger partial charge in [0.1, 0.15) is 6.61 Å². The standard InChI is InChI=1S/C31H34N4O6S/c1-20-28(30(38)41-18-22-8-6-5-7-9-22)29(23-10-11-25(39-3)26(16-23)40-4)35-24(19-42-31(35)32-20)17-27(37)34-14-12-33(13-15-34)21(2)36/h5-11,16,19,29H,12-15,17-18H2,1-4H3/t29-/m0/s1. The summed E-state index contributed by atoms with van der Waals surface area (Å²) in [7, 11) is 3.13. The summed E-state index contributed by atoms with van der Waals surface area (Å²) in [6.07, 6.45) is 0.126. The van der Waals surface area contributed by atoms with Crippen molar-refractivity contribution in [3.05, 3.63) is 82.0 Å². The van der Waals surface area contributed by atoms with Gasteiger partial charge in [-0.2, -0.15) is 0 Å². The van der Waals surface area contributed by atoms with Gasteiger partial charge in [-0.3, -0.25) is 9.59 Å². The molecule has 2 amide bonds. The fourth-order valence-electron chi connectivity index (χ4n) is 5.31. The molecule has 1 fully saturated rings. The third-order valence-corrected chi connectivity index (χ3v) is 8.46. The summed E-state index contributed by atoms with van der Waals surface area (Å²) in [4.78, 5) is 49.1. The number of amides is 2. The number of hydrogen-bond acceptors (Lipinski definition) is 9. The Kier molecular flexibility index (Phi) is 8.86. The van der Waals surface area contributed by atoms with E-state index in [9.17, 15) is 14.4 Å². The topological polar surface area (TPSA) is 101 Å². The molecule has 3 aliphatic heterocycles. The average Bonchev–Trinajstić information content (AvgIpc) is 3.40. The summed E-state index contributed by atoms with van der Waals surface area (Å²) < 4.78 is 16.8. The Hall–Kier alpha value is -4.25. The number of thioether (sulfide) groups is 1.